The normalized spacial score (nSPS) is 12.5. The first-order valence-corrected chi connectivity index (χ1v) is 7.09. The summed E-state index contributed by atoms with van der Waals surface area (Å²) >= 11 is 0. The van der Waals surface area contributed by atoms with Gasteiger partial charge in [-0.15, -0.1) is 0 Å². The van der Waals surface area contributed by atoms with Gasteiger partial charge < -0.3 is 14.6 Å². The van der Waals surface area contributed by atoms with E-state index in [1.807, 2.05) is 0 Å². The number of hydrogen-bond acceptors (Lipinski definition) is 5. The van der Waals surface area contributed by atoms with Crippen LogP contribution in [0.4, 0.5) is 0 Å². The van der Waals surface area contributed by atoms with Crippen molar-refractivity contribution in [2.45, 2.75) is 26.2 Å². The zero-order valence-corrected chi connectivity index (χ0v) is 12.5. The molecular weight excluding hydrogens is 284 g/mol. The fourth-order valence-electron chi connectivity index (χ4n) is 2.06. The lowest BCUT2D eigenvalue weighted by atomic mass is 9.93. The van der Waals surface area contributed by atoms with Crippen LogP contribution in [0.2, 0.25) is 0 Å². The number of rotatable bonds is 9. The van der Waals surface area contributed by atoms with E-state index in [0.717, 1.165) is 5.56 Å². The Hall–Kier alpha value is -2.43. The van der Waals surface area contributed by atoms with Gasteiger partial charge in [-0.25, -0.2) is 0 Å². The highest BCUT2D eigenvalue weighted by molar-refractivity contribution is 5.78. The van der Waals surface area contributed by atoms with Crippen molar-refractivity contribution < 1.29 is 24.2 Å². The van der Waals surface area contributed by atoms with Crippen molar-refractivity contribution >= 4 is 18.5 Å². The highest BCUT2D eigenvalue weighted by Crippen LogP contribution is 2.18. The SMILES string of the molecule is C/C=C(\C=O)[C@@H](CC=O)CC(=O)OCCc1ccc(O)cc1. The molecule has 1 rings (SSSR count). The predicted octanol–water partition coefficient (Wildman–Crippen LogP) is 2.22. The van der Waals surface area contributed by atoms with Crippen LogP contribution in [0.25, 0.3) is 0 Å². The predicted molar refractivity (Wildman–Crippen MR) is 81.4 cm³/mol. The molecule has 5 nitrogen and oxygen atoms in total. The zero-order chi connectivity index (χ0) is 16.4. The van der Waals surface area contributed by atoms with Gasteiger partial charge in [-0.05, 0) is 30.2 Å². The van der Waals surface area contributed by atoms with Gasteiger partial charge in [0.1, 0.15) is 18.3 Å². The monoisotopic (exact) mass is 304 g/mol. The topological polar surface area (TPSA) is 80.7 Å². The van der Waals surface area contributed by atoms with Gasteiger partial charge in [-0.1, -0.05) is 18.2 Å². The van der Waals surface area contributed by atoms with Crippen molar-refractivity contribution in [3.8, 4) is 5.75 Å². The Morgan fingerprint density at radius 2 is 1.95 bits per heavy atom. The number of phenols is 1. The fourth-order valence-corrected chi connectivity index (χ4v) is 2.06. The van der Waals surface area contributed by atoms with E-state index in [1.165, 1.54) is 0 Å². The molecule has 1 atom stereocenters. The molecule has 0 saturated carbocycles. The number of carbonyl (C=O) groups is 3. The molecule has 0 unspecified atom stereocenters. The third-order valence-electron chi connectivity index (χ3n) is 3.32. The Balaban J connectivity index is 2.45. The summed E-state index contributed by atoms with van der Waals surface area (Å²) in [5, 5.41) is 9.17. The maximum Gasteiger partial charge on any atom is 0.306 e. The lowest BCUT2D eigenvalue weighted by Crippen LogP contribution is -2.16. The van der Waals surface area contributed by atoms with Crippen LogP contribution >= 0.6 is 0 Å². The molecule has 0 amide bonds. The summed E-state index contributed by atoms with van der Waals surface area (Å²) in [6.45, 7) is 1.90. The summed E-state index contributed by atoms with van der Waals surface area (Å²) in [5.74, 6) is -0.682. The summed E-state index contributed by atoms with van der Waals surface area (Å²) in [6.07, 6.45) is 3.62. The number of carbonyl (C=O) groups excluding carboxylic acids is 3. The molecule has 0 aliphatic rings. The largest absolute Gasteiger partial charge is 0.508 e. The minimum absolute atomic E-state index is 0.00668. The van der Waals surface area contributed by atoms with Gasteiger partial charge in [0.05, 0.1) is 13.0 Å². The average Bonchev–Trinajstić information content (AvgIpc) is 2.50. The number of aldehydes is 2. The van der Waals surface area contributed by atoms with Crippen LogP contribution in [0.1, 0.15) is 25.3 Å². The Bertz CT molecular complexity index is 530. The van der Waals surface area contributed by atoms with Crippen molar-refractivity contribution in [3.63, 3.8) is 0 Å². The van der Waals surface area contributed by atoms with Crippen LogP contribution in [-0.4, -0.2) is 30.3 Å². The molecule has 1 aromatic carbocycles. The molecule has 0 aromatic heterocycles. The van der Waals surface area contributed by atoms with Crippen molar-refractivity contribution in [2.24, 2.45) is 5.92 Å². The van der Waals surface area contributed by atoms with E-state index in [1.54, 1.807) is 37.3 Å². The number of phenolic OH excluding ortho intramolecular Hbond substituents is 1. The summed E-state index contributed by atoms with van der Waals surface area (Å²) in [6, 6.07) is 6.64. The van der Waals surface area contributed by atoms with Gasteiger partial charge >= 0.3 is 5.97 Å². The van der Waals surface area contributed by atoms with E-state index in [0.29, 0.717) is 24.6 Å². The molecule has 22 heavy (non-hydrogen) atoms. The Labute approximate surface area is 129 Å². The van der Waals surface area contributed by atoms with Crippen molar-refractivity contribution in [1.82, 2.24) is 0 Å². The first-order chi connectivity index (χ1) is 10.6. The van der Waals surface area contributed by atoms with E-state index in [-0.39, 0.29) is 25.2 Å². The summed E-state index contributed by atoms with van der Waals surface area (Å²) < 4.78 is 5.13. The van der Waals surface area contributed by atoms with E-state index >= 15 is 0 Å². The minimum atomic E-state index is -0.438. The molecule has 0 aliphatic heterocycles. The van der Waals surface area contributed by atoms with Crippen LogP contribution in [0, 0.1) is 5.92 Å². The second kappa shape index (κ2) is 9.50. The lowest BCUT2D eigenvalue weighted by molar-refractivity contribution is -0.144. The van der Waals surface area contributed by atoms with Gasteiger partial charge in [0.25, 0.3) is 0 Å². The maximum absolute atomic E-state index is 11.8. The Kier molecular flexibility index (Phi) is 7.61. The molecule has 0 radical (unpaired) electrons. The summed E-state index contributed by atoms with van der Waals surface area (Å²) in [4.78, 5) is 33.3. The molecule has 118 valence electrons. The maximum atomic E-state index is 11.8. The molecule has 0 saturated heterocycles. The first-order valence-electron chi connectivity index (χ1n) is 7.09. The fraction of sp³-hybridized carbons (Fsp3) is 0.353. The molecular formula is C17H20O5. The molecule has 1 N–H and O–H groups in total. The molecule has 0 spiro atoms. The van der Waals surface area contributed by atoms with Crippen molar-refractivity contribution in [2.75, 3.05) is 6.61 Å². The van der Waals surface area contributed by atoms with Crippen molar-refractivity contribution in [3.05, 3.63) is 41.5 Å². The van der Waals surface area contributed by atoms with Crippen LogP contribution in [-0.2, 0) is 25.5 Å². The van der Waals surface area contributed by atoms with Gasteiger partial charge in [-0.2, -0.15) is 0 Å². The van der Waals surface area contributed by atoms with Crippen LogP contribution in [0.15, 0.2) is 35.9 Å². The smallest absolute Gasteiger partial charge is 0.306 e. The van der Waals surface area contributed by atoms with Gasteiger partial charge in [0.2, 0.25) is 0 Å². The summed E-state index contributed by atoms with van der Waals surface area (Å²) in [5.41, 5.74) is 1.37. The van der Waals surface area contributed by atoms with Crippen molar-refractivity contribution in [1.29, 1.82) is 0 Å². The Morgan fingerprint density at radius 3 is 2.50 bits per heavy atom. The molecule has 0 bridgehead atoms. The zero-order valence-electron chi connectivity index (χ0n) is 12.5. The molecule has 1 aromatic rings. The highest BCUT2D eigenvalue weighted by Gasteiger charge is 2.18. The van der Waals surface area contributed by atoms with E-state index in [2.05, 4.69) is 0 Å². The Morgan fingerprint density at radius 1 is 1.27 bits per heavy atom. The summed E-state index contributed by atoms with van der Waals surface area (Å²) in [7, 11) is 0. The number of allylic oxidation sites excluding steroid dienone is 2. The van der Waals surface area contributed by atoms with E-state index in [4.69, 9.17) is 4.74 Å². The van der Waals surface area contributed by atoms with Gasteiger partial charge in [-0.3, -0.25) is 9.59 Å². The van der Waals surface area contributed by atoms with Gasteiger partial charge in [0.15, 0.2) is 0 Å². The van der Waals surface area contributed by atoms with E-state index < -0.39 is 11.9 Å². The highest BCUT2D eigenvalue weighted by atomic mass is 16.5. The number of benzene rings is 1. The third-order valence-corrected chi connectivity index (χ3v) is 3.32. The van der Waals surface area contributed by atoms with Crippen LogP contribution in [0.5, 0.6) is 5.75 Å². The number of esters is 1. The average molecular weight is 304 g/mol. The molecule has 5 heteroatoms. The van der Waals surface area contributed by atoms with E-state index in [9.17, 15) is 19.5 Å². The first kappa shape index (κ1) is 17.6. The second-order valence-electron chi connectivity index (χ2n) is 4.85. The second-order valence-corrected chi connectivity index (χ2v) is 4.85. The number of aromatic hydroxyl groups is 1. The molecule has 0 fully saturated rings. The standard InChI is InChI=1S/C17H20O5/c1-2-14(12-19)15(7-9-18)11-17(21)22-10-8-13-3-5-16(20)6-4-13/h2-6,9,12,15,20H,7-8,10-11H2,1H3/b14-2+/t15-/m0/s1. The number of hydrogen-bond donors (Lipinski definition) is 1. The van der Waals surface area contributed by atoms with Crippen LogP contribution in [0.3, 0.4) is 0 Å². The van der Waals surface area contributed by atoms with Crippen LogP contribution < -0.4 is 0 Å². The molecule has 0 heterocycles. The molecule has 0 aliphatic carbocycles. The minimum Gasteiger partial charge on any atom is -0.508 e. The third kappa shape index (κ3) is 5.91. The quantitative estimate of drug-likeness (QED) is 0.430. The van der Waals surface area contributed by atoms with Gasteiger partial charge in [0, 0.05) is 18.8 Å². The number of ether oxygens (including phenoxy) is 1. The lowest BCUT2D eigenvalue weighted by Gasteiger charge is -2.13.